The summed E-state index contributed by atoms with van der Waals surface area (Å²) >= 11 is 0. The standard InChI is InChI=1S/C20H15N5O/c26-20-16-17-19(24-15-9-5-4-8-14(15)23-17)25(18(16)21-12-22-20)11-10-13-6-2-1-3-7-13/h1-9,12H,10-11H2,(H,21,22,26). The van der Waals surface area contributed by atoms with Gasteiger partial charge >= 0.3 is 0 Å². The number of aromatic nitrogens is 5. The van der Waals surface area contributed by atoms with Crippen molar-refractivity contribution in [3.8, 4) is 0 Å². The summed E-state index contributed by atoms with van der Waals surface area (Å²) in [4.78, 5) is 29.0. The van der Waals surface area contributed by atoms with E-state index in [-0.39, 0.29) is 5.56 Å². The third kappa shape index (κ3) is 2.27. The Bertz CT molecular complexity index is 1300. The molecule has 2 aromatic carbocycles. The molecule has 1 N–H and O–H groups in total. The van der Waals surface area contributed by atoms with Crippen LogP contribution in [0.3, 0.4) is 0 Å². The van der Waals surface area contributed by atoms with Crippen LogP contribution < -0.4 is 5.56 Å². The van der Waals surface area contributed by atoms with Gasteiger partial charge in [-0.05, 0) is 24.1 Å². The first-order valence-electron chi connectivity index (χ1n) is 8.47. The Morgan fingerprint density at radius 3 is 2.42 bits per heavy atom. The largest absolute Gasteiger partial charge is 0.312 e. The van der Waals surface area contributed by atoms with Crippen molar-refractivity contribution in [2.75, 3.05) is 0 Å². The van der Waals surface area contributed by atoms with E-state index in [4.69, 9.17) is 9.97 Å². The molecule has 0 radical (unpaired) electrons. The van der Waals surface area contributed by atoms with Crippen molar-refractivity contribution in [3.63, 3.8) is 0 Å². The van der Waals surface area contributed by atoms with E-state index in [1.54, 1.807) is 0 Å². The first kappa shape index (κ1) is 14.8. The van der Waals surface area contributed by atoms with Crippen LogP contribution in [0.5, 0.6) is 0 Å². The number of H-pyrrole nitrogens is 1. The maximum atomic E-state index is 12.4. The van der Waals surface area contributed by atoms with Gasteiger partial charge < -0.3 is 9.55 Å². The lowest BCUT2D eigenvalue weighted by atomic mass is 10.1. The number of rotatable bonds is 3. The average molecular weight is 341 g/mol. The Morgan fingerprint density at radius 1 is 0.885 bits per heavy atom. The predicted molar refractivity (Wildman–Crippen MR) is 101 cm³/mol. The summed E-state index contributed by atoms with van der Waals surface area (Å²) in [5.74, 6) is 0. The lowest BCUT2D eigenvalue weighted by Gasteiger charge is -2.06. The van der Waals surface area contributed by atoms with Crippen LogP contribution in [0, 0.1) is 0 Å². The van der Waals surface area contributed by atoms with Crippen LogP contribution in [0.25, 0.3) is 33.2 Å². The molecule has 3 heterocycles. The molecule has 26 heavy (non-hydrogen) atoms. The first-order chi connectivity index (χ1) is 12.8. The average Bonchev–Trinajstić information content (AvgIpc) is 2.99. The molecule has 0 amide bonds. The molecule has 0 spiro atoms. The van der Waals surface area contributed by atoms with Gasteiger partial charge in [0.25, 0.3) is 5.56 Å². The van der Waals surface area contributed by atoms with Gasteiger partial charge in [-0.15, -0.1) is 0 Å². The molecule has 0 saturated carbocycles. The van der Waals surface area contributed by atoms with Crippen LogP contribution in [0.4, 0.5) is 0 Å². The van der Waals surface area contributed by atoms with Gasteiger partial charge in [0.05, 0.1) is 17.4 Å². The third-order valence-corrected chi connectivity index (χ3v) is 4.60. The van der Waals surface area contributed by atoms with Crippen molar-refractivity contribution in [1.82, 2.24) is 24.5 Å². The number of hydrogen-bond acceptors (Lipinski definition) is 4. The van der Waals surface area contributed by atoms with E-state index >= 15 is 0 Å². The Kier molecular flexibility index (Phi) is 3.28. The van der Waals surface area contributed by atoms with Gasteiger partial charge in [-0.3, -0.25) is 4.79 Å². The van der Waals surface area contributed by atoms with Crippen molar-refractivity contribution < 1.29 is 0 Å². The SMILES string of the molecule is O=c1[nH]cnc2c1c1nc3ccccc3nc1n2CCc1ccccc1. The van der Waals surface area contributed by atoms with Crippen LogP contribution >= 0.6 is 0 Å². The Balaban J connectivity index is 1.78. The number of fused-ring (bicyclic) bond motifs is 4. The van der Waals surface area contributed by atoms with Gasteiger partial charge in [-0.1, -0.05) is 42.5 Å². The minimum atomic E-state index is -0.192. The van der Waals surface area contributed by atoms with Crippen LogP contribution in [0.1, 0.15) is 5.56 Å². The van der Waals surface area contributed by atoms with Crippen LogP contribution in [0.15, 0.2) is 65.7 Å². The fraction of sp³-hybridized carbons (Fsp3) is 0.100. The van der Waals surface area contributed by atoms with Crippen molar-refractivity contribution >= 4 is 33.2 Å². The molecule has 0 aliphatic carbocycles. The number of hydrogen-bond donors (Lipinski definition) is 1. The van der Waals surface area contributed by atoms with Gasteiger partial charge in [0, 0.05) is 6.54 Å². The highest BCUT2D eigenvalue weighted by molar-refractivity contribution is 6.04. The number of nitrogens with one attached hydrogen (secondary N) is 1. The topological polar surface area (TPSA) is 76.5 Å². The van der Waals surface area contributed by atoms with Crippen molar-refractivity contribution in [2.45, 2.75) is 13.0 Å². The molecule has 0 unspecified atom stereocenters. The van der Waals surface area contributed by atoms with E-state index in [1.165, 1.54) is 11.9 Å². The van der Waals surface area contributed by atoms with E-state index in [0.29, 0.717) is 28.7 Å². The lowest BCUT2D eigenvalue weighted by molar-refractivity contribution is 0.731. The molecular weight excluding hydrogens is 326 g/mol. The molecule has 3 aromatic heterocycles. The van der Waals surface area contributed by atoms with Gasteiger partial charge in [0.15, 0.2) is 11.3 Å². The molecule has 0 fully saturated rings. The summed E-state index contributed by atoms with van der Waals surface area (Å²) in [7, 11) is 0. The highest BCUT2D eigenvalue weighted by Gasteiger charge is 2.17. The van der Waals surface area contributed by atoms with E-state index in [1.807, 2.05) is 47.0 Å². The number of para-hydroxylation sites is 2. The number of benzene rings is 2. The van der Waals surface area contributed by atoms with Crippen LogP contribution in [-0.4, -0.2) is 24.5 Å². The van der Waals surface area contributed by atoms with Gasteiger partial charge in [-0.2, -0.15) is 0 Å². The fourth-order valence-corrected chi connectivity index (χ4v) is 3.35. The minimum absolute atomic E-state index is 0.192. The highest BCUT2D eigenvalue weighted by atomic mass is 16.1. The summed E-state index contributed by atoms with van der Waals surface area (Å²) < 4.78 is 1.99. The molecule has 126 valence electrons. The molecular formula is C20H15N5O. The number of nitrogens with zero attached hydrogens (tertiary/aromatic N) is 4. The summed E-state index contributed by atoms with van der Waals surface area (Å²) in [6.45, 7) is 0.674. The second-order valence-electron chi connectivity index (χ2n) is 6.20. The number of aryl methyl sites for hydroxylation is 2. The normalized spacial score (nSPS) is 11.5. The van der Waals surface area contributed by atoms with Crippen LogP contribution in [0.2, 0.25) is 0 Å². The Labute approximate surface area is 148 Å². The molecule has 6 heteroatoms. The molecule has 0 atom stereocenters. The third-order valence-electron chi connectivity index (χ3n) is 4.60. The Hall–Kier alpha value is -3.54. The van der Waals surface area contributed by atoms with E-state index < -0.39 is 0 Å². The predicted octanol–water partition coefficient (Wildman–Crippen LogP) is 3.06. The Morgan fingerprint density at radius 2 is 1.62 bits per heavy atom. The smallest absolute Gasteiger partial charge is 0.262 e. The van der Waals surface area contributed by atoms with E-state index in [0.717, 1.165) is 17.5 Å². The van der Waals surface area contributed by atoms with Gasteiger partial charge in [0.1, 0.15) is 10.9 Å². The quantitative estimate of drug-likeness (QED) is 0.547. The zero-order valence-corrected chi connectivity index (χ0v) is 13.9. The highest BCUT2D eigenvalue weighted by Crippen LogP contribution is 2.24. The van der Waals surface area contributed by atoms with Crippen molar-refractivity contribution in [2.24, 2.45) is 0 Å². The van der Waals surface area contributed by atoms with Crippen molar-refractivity contribution in [3.05, 3.63) is 76.8 Å². The summed E-state index contributed by atoms with van der Waals surface area (Å²) in [6.07, 6.45) is 2.25. The summed E-state index contributed by atoms with van der Waals surface area (Å²) in [6, 6.07) is 17.9. The zero-order chi connectivity index (χ0) is 17.5. The second-order valence-corrected chi connectivity index (χ2v) is 6.20. The molecule has 0 saturated heterocycles. The molecule has 0 aliphatic heterocycles. The maximum Gasteiger partial charge on any atom is 0.262 e. The molecule has 5 aromatic rings. The first-order valence-corrected chi connectivity index (χ1v) is 8.47. The number of aromatic amines is 1. The second kappa shape index (κ2) is 5.77. The lowest BCUT2D eigenvalue weighted by Crippen LogP contribution is -2.08. The molecule has 0 aliphatic rings. The molecule has 0 bridgehead atoms. The summed E-state index contributed by atoms with van der Waals surface area (Å²) in [5.41, 5.74) is 4.52. The molecule has 5 rings (SSSR count). The minimum Gasteiger partial charge on any atom is -0.312 e. The summed E-state index contributed by atoms with van der Waals surface area (Å²) in [5, 5.41) is 0.494. The van der Waals surface area contributed by atoms with Crippen LogP contribution in [-0.2, 0) is 13.0 Å². The maximum absolute atomic E-state index is 12.4. The molecule has 6 nitrogen and oxygen atoms in total. The van der Waals surface area contributed by atoms with Crippen molar-refractivity contribution in [1.29, 1.82) is 0 Å². The van der Waals surface area contributed by atoms with E-state index in [2.05, 4.69) is 22.1 Å². The van der Waals surface area contributed by atoms with E-state index in [9.17, 15) is 4.79 Å². The monoisotopic (exact) mass is 341 g/mol. The van der Waals surface area contributed by atoms with Gasteiger partial charge in [0.2, 0.25) is 0 Å². The fourth-order valence-electron chi connectivity index (χ4n) is 3.35. The zero-order valence-electron chi connectivity index (χ0n) is 13.9. The van der Waals surface area contributed by atoms with Gasteiger partial charge in [-0.25, -0.2) is 15.0 Å².